The van der Waals surface area contributed by atoms with Gasteiger partial charge in [0.25, 0.3) is 0 Å². The van der Waals surface area contributed by atoms with Crippen LogP contribution in [-0.2, 0) is 21.0 Å². The molecule has 0 amide bonds. The molecule has 0 fully saturated rings. The fraction of sp³-hybridized carbons (Fsp3) is 0.346. The summed E-state index contributed by atoms with van der Waals surface area (Å²) in [5, 5.41) is 0. The van der Waals surface area contributed by atoms with E-state index in [0.717, 1.165) is 11.5 Å². The topological polar surface area (TPSA) is 88.6 Å². The lowest BCUT2D eigenvalue weighted by Gasteiger charge is -2.21. The molecule has 0 unspecified atom stereocenters. The van der Waals surface area contributed by atoms with Crippen molar-refractivity contribution in [1.29, 1.82) is 0 Å². The lowest BCUT2D eigenvalue weighted by Crippen LogP contribution is -2.23. The summed E-state index contributed by atoms with van der Waals surface area (Å²) in [6.07, 6.45) is 3.70. The summed E-state index contributed by atoms with van der Waals surface area (Å²) in [5.74, 6) is 1.77. The van der Waals surface area contributed by atoms with Crippen LogP contribution in [0.15, 0.2) is 87.7 Å². The van der Waals surface area contributed by atoms with Crippen LogP contribution in [0.5, 0.6) is 11.5 Å². The smallest absolute Gasteiger partial charge is 0.485 e. The maximum Gasteiger partial charge on any atom is 0.485 e. The van der Waals surface area contributed by atoms with Crippen molar-refractivity contribution in [2.75, 3.05) is 0 Å². The second kappa shape index (κ2) is 11.7. The number of alkyl halides is 3. The van der Waals surface area contributed by atoms with E-state index in [4.69, 9.17) is 22.4 Å². The molecule has 0 radical (unpaired) electrons. The van der Waals surface area contributed by atoms with Crippen LogP contribution in [0.1, 0.15) is 41.5 Å². The second-order valence-electron chi connectivity index (χ2n) is 9.76. The first kappa shape index (κ1) is 30.5. The van der Waals surface area contributed by atoms with Crippen LogP contribution in [0.4, 0.5) is 13.2 Å². The average Bonchev–Trinajstić information content (AvgIpc) is 2.74. The number of pyridine rings is 1. The maximum absolute atomic E-state index is 10.7. The van der Waals surface area contributed by atoms with E-state index in [2.05, 4.69) is 107 Å². The van der Waals surface area contributed by atoms with E-state index in [9.17, 15) is 13.2 Å². The van der Waals surface area contributed by atoms with Gasteiger partial charge in [0.1, 0.15) is 22.7 Å². The largest absolute Gasteiger partial charge is 0.741 e. The molecule has 0 atom stereocenters. The summed E-state index contributed by atoms with van der Waals surface area (Å²) in [4.78, 5) is 7.89. The van der Waals surface area contributed by atoms with Gasteiger partial charge in [-0.25, -0.2) is 8.42 Å². The van der Waals surface area contributed by atoms with Crippen LogP contribution in [0, 0.1) is 0 Å². The van der Waals surface area contributed by atoms with Gasteiger partial charge in [0.15, 0.2) is 24.8 Å². The quantitative estimate of drug-likeness (QED) is 0.200. The van der Waals surface area contributed by atoms with Crippen molar-refractivity contribution < 1.29 is 35.6 Å². The highest BCUT2D eigenvalue weighted by atomic mass is 32.2. The Labute approximate surface area is 218 Å². The van der Waals surface area contributed by atoms with E-state index in [1.807, 2.05) is 12.4 Å². The molecule has 2 aromatic carbocycles. The van der Waals surface area contributed by atoms with Crippen LogP contribution < -0.4 is 9.47 Å². The second-order valence-corrected chi connectivity index (χ2v) is 13.2. The Morgan fingerprint density at radius 3 is 1.24 bits per heavy atom. The number of hydrogen-bond acceptors (Lipinski definition) is 6. The fourth-order valence-electron chi connectivity index (χ4n) is 2.88. The van der Waals surface area contributed by atoms with E-state index in [-0.39, 0.29) is 22.1 Å². The number of benzene rings is 2. The van der Waals surface area contributed by atoms with Crippen LogP contribution in [0.2, 0.25) is 0 Å². The predicted octanol–water partition coefficient (Wildman–Crippen LogP) is 6.58. The van der Waals surface area contributed by atoms with Crippen molar-refractivity contribution in [1.82, 2.24) is 4.98 Å². The minimum Gasteiger partial charge on any atom is -0.741 e. The van der Waals surface area contributed by atoms with E-state index in [0.29, 0.717) is 0 Å². The summed E-state index contributed by atoms with van der Waals surface area (Å²) in [7, 11) is -6.32. The Balaban J connectivity index is 0.000000521. The Bertz CT molecular complexity index is 1180. The zero-order valence-electron chi connectivity index (χ0n) is 21.4. The summed E-state index contributed by atoms with van der Waals surface area (Å²) in [6.45, 7) is 12.4. The van der Waals surface area contributed by atoms with Crippen molar-refractivity contribution in [3.05, 3.63) is 73.1 Å². The van der Waals surface area contributed by atoms with Gasteiger partial charge >= 0.3 is 5.51 Å². The molecule has 11 heteroatoms. The minimum atomic E-state index is -6.09. The minimum absolute atomic E-state index is 0.211. The lowest BCUT2D eigenvalue weighted by molar-refractivity contribution is -0.0517. The van der Waals surface area contributed by atoms with Crippen LogP contribution >= 0.6 is 0 Å². The molecular formula is C26H30F3NO5S2. The number of hydrogen-bond donors (Lipinski definition) is 0. The molecule has 0 spiro atoms. The first-order valence-electron chi connectivity index (χ1n) is 11.1. The third-order valence-electron chi connectivity index (χ3n) is 4.14. The van der Waals surface area contributed by atoms with Gasteiger partial charge in [0.2, 0.25) is 0 Å². The fourth-order valence-corrected chi connectivity index (χ4v) is 4.90. The van der Waals surface area contributed by atoms with Gasteiger partial charge in [-0.2, -0.15) is 13.2 Å². The van der Waals surface area contributed by atoms with E-state index in [1.54, 1.807) is 0 Å². The van der Waals surface area contributed by atoms with Crippen molar-refractivity contribution in [3.63, 3.8) is 0 Å². The Hall–Kier alpha value is -2.76. The molecule has 0 aliphatic rings. The van der Waals surface area contributed by atoms with Crippen molar-refractivity contribution in [2.45, 2.75) is 72.9 Å². The van der Waals surface area contributed by atoms with Gasteiger partial charge in [-0.1, -0.05) is 0 Å². The number of nitrogens with zero attached hydrogens (tertiary/aromatic N) is 1. The first-order chi connectivity index (χ1) is 16.9. The number of aromatic nitrogens is 1. The van der Waals surface area contributed by atoms with Crippen molar-refractivity contribution in [3.8, 4) is 11.5 Å². The zero-order valence-corrected chi connectivity index (χ0v) is 23.0. The monoisotopic (exact) mass is 557 g/mol. The van der Waals surface area contributed by atoms with Crippen molar-refractivity contribution in [2.24, 2.45) is 0 Å². The Morgan fingerprint density at radius 1 is 0.676 bits per heavy atom. The standard InChI is InChI=1S/C25H30NO2S.CHF3O3S/c1-24(2,3)27-19-7-11-21(12-8-19)29(23-15-17-26-18-16-23)22-13-9-20(10-14-22)28-25(4,5)6;2-1(3,4)8(5,6)7/h7-18H,1-6H3;(H,5,6,7)/q+1;/p-1. The summed E-state index contributed by atoms with van der Waals surface area (Å²) >= 11 is 0. The molecule has 0 aliphatic carbocycles. The van der Waals surface area contributed by atoms with Crippen LogP contribution in [0.3, 0.4) is 0 Å². The Kier molecular flexibility index (Phi) is 9.67. The van der Waals surface area contributed by atoms with E-state index >= 15 is 0 Å². The molecule has 1 aromatic heterocycles. The molecule has 3 rings (SSSR count). The summed E-state index contributed by atoms with van der Waals surface area (Å²) in [6, 6.07) is 21.0. The number of rotatable bonds is 5. The molecule has 0 aliphatic heterocycles. The van der Waals surface area contributed by atoms with Gasteiger partial charge in [-0.3, -0.25) is 4.98 Å². The molecule has 3 aromatic rings. The van der Waals surface area contributed by atoms with Gasteiger partial charge < -0.3 is 14.0 Å². The average molecular weight is 558 g/mol. The normalized spacial score (nSPS) is 12.5. The summed E-state index contributed by atoms with van der Waals surface area (Å²) < 4.78 is 70.9. The van der Waals surface area contributed by atoms with Gasteiger partial charge in [-0.05, 0) is 90.1 Å². The van der Waals surface area contributed by atoms with E-state index in [1.165, 1.54) is 14.7 Å². The predicted molar refractivity (Wildman–Crippen MR) is 136 cm³/mol. The highest BCUT2D eigenvalue weighted by Crippen LogP contribution is 2.33. The Morgan fingerprint density at radius 2 is 0.973 bits per heavy atom. The van der Waals surface area contributed by atoms with Crippen LogP contribution in [-0.4, -0.2) is 34.7 Å². The highest BCUT2D eigenvalue weighted by Gasteiger charge is 2.37. The molecular weight excluding hydrogens is 527 g/mol. The zero-order chi connectivity index (χ0) is 28.1. The molecule has 6 nitrogen and oxygen atoms in total. The third kappa shape index (κ3) is 10.3. The lowest BCUT2D eigenvalue weighted by atomic mass is 10.2. The molecule has 37 heavy (non-hydrogen) atoms. The molecule has 0 saturated carbocycles. The highest BCUT2D eigenvalue weighted by molar-refractivity contribution is 7.97. The molecule has 1 heterocycles. The van der Waals surface area contributed by atoms with Gasteiger partial charge in [0, 0.05) is 24.5 Å². The molecule has 202 valence electrons. The third-order valence-corrected chi connectivity index (χ3v) is 6.93. The molecule has 0 bridgehead atoms. The van der Waals surface area contributed by atoms with Gasteiger partial charge in [-0.15, -0.1) is 0 Å². The van der Waals surface area contributed by atoms with Crippen molar-refractivity contribution >= 4 is 21.0 Å². The molecule has 0 N–H and O–H groups in total. The molecule has 0 saturated heterocycles. The number of halogens is 3. The number of ether oxygens (including phenoxy) is 2. The van der Waals surface area contributed by atoms with Gasteiger partial charge in [0.05, 0.1) is 10.9 Å². The summed E-state index contributed by atoms with van der Waals surface area (Å²) in [5.41, 5.74) is -6.07. The SMILES string of the molecule is CC(C)(C)Oc1ccc([S+](c2ccncc2)c2ccc(OC(C)(C)C)cc2)cc1.O=S(=O)([O-])C(F)(F)F. The first-order valence-corrected chi connectivity index (χ1v) is 13.7. The maximum atomic E-state index is 10.7. The van der Waals surface area contributed by atoms with Crippen LogP contribution in [0.25, 0.3) is 0 Å². The van der Waals surface area contributed by atoms with E-state index < -0.39 is 15.6 Å².